The first-order valence-electron chi connectivity index (χ1n) is 10.6. The summed E-state index contributed by atoms with van der Waals surface area (Å²) in [5.41, 5.74) is -2.04. The zero-order valence-electron chi connectivity index (χ0n) is 16.7. The minimum atomic E-state index is -1.38. The smallest absolute Gasteiger partial charge is 0.174 e. The molecule has 0 amide bonds. The summed E-state index contributed by atoms with van der Waals surface area (Å²) in [4.78, 5) is 26.3. The van der Waals surface area contributed by atoms with Gasteiger partial charge in [-0.3, -0.25) is 9.59 Å². The molecule has 5 heteroatoms. The molecule has 4 aliphatic rings. The van der Waals surface area contributed by atoms with Gasteiger partial charge < -0.3 is 10.2 Å². The Labute approximate surface area is 176 Å². The maximum atomic E-state index is 13.5. The van der Waals surface area contributed by atoms with Gasteiger partial charge in [0.2, 0.25) is 0 Å². The molecule has 0 spiro atoms. The van der Waals surface area contributed by atoms with E-state index < -0.39 is 11.0 Å². The summed E-state index contributed by atoms with van der Waals surface area (Å²) in [5.74, 6) is 1.02. The van der Waals surface area contributed by atoms with Gasteiger partial charge in [0.25, 0.3) is 0 Å². The van der Waals surface area contributed by atoms with Crippen LogP contribution in [-0.2, 0) is 9.59 Å². The monoisotopic (exact) mass is 488 g/mol. The molecule has 0 heterocycles. The summed E-state index contributed by atoms with van der Waals surface area (Å²) < 4.78 is 0.293. The molecule has 4 nitrogen and oxygen atoms in total. The lowest BCUT2D eigenvalue weighted by atomic mass is 9.44. The van der Waals surface area contributed by atoms with Gasteiger partial charge in [-0.1, -0.05) is 43.4 Å². The van der Waals surface area contributed by atoms with Crippen molar-refractivity contribution in [3.8, 4) is 0 Å². The number of carbonyl (C=O) groups is 2. The lowest BCUT2D eigenvalue weighted by molar-refractivity contribution is -0.180. The molecule has 0 bridgehead atoms. The second-order valence-electron chi connectivity index (χ2n) is 10.5. The molecule has 152 valence electrons. The van der Waals surface area contributed by atoms with Crippen LogP contribution in [-0.4, -0.2) is 37.9 Å². The number of hydrogen-bond acceptors (Lipinski definition) is 4. The van der Waals surface area contributed by atoms with E-state index in [9.17, 15) is 19.8 Å². The lowest BCUT2D eigenvalue weighted by Gasteiger charge is -2.60. The van der Waals surface area contributed by atoms with Crippen molar-refractivity contribution in [1.82, 2.24) is 0 Å². The van der Waals surface area contributed by atoms with E-state index in [-0.39, 0.29) is 46.8 Å². The van der Waals surface area contributed by atoms with Crippen LogP contribution in [0.4, 0.5) is 0 Å². The number of alkyl halides is 1. The van der Waals surface area contributed by atoms with E-state index in [0.29, 0.717) is 16.8 Å². The van der Waals surface area contributed by atoms with Crippen molar-refractivity contribution in [2.75, 3.05) is 4.43 Å². The zero-order chi connectivity index (χ0) is 19.8. The first-order valence-corrected chi connectivity index (χ1v) is 12.1. The van der Waals surface area contributed by atoms with Gasteiger partial charge in [-0.25, -0.2) is 0 Å². The number of aliphatic hydroxyl groups is 2. The van der Waals surface area contributed by atoms with E-state index in [1.54, 1.807) is 0 Å². The normalized spacial score (nSPS) is 54.8. The van der Waals surface area contributed by atoms with Crippen LogP contribution >= 0.6 is 22.6 Å². The van der Waals surface area contributed by atoms with Gasteiger partial charge >= 0.3 is 0 Å². The van der Waals surface area contributed by atoms with Crippen LogP contribution < -0.4 is 0 Å². The molecule has 4 aliphatic carbocycles. The minimum absolute atomic E-state index is 0.0300. The van der Waals surface area contributed by atoms with Gasteiger partial charge in [-0.2, -0.15) is 0 Å². The Morgan fingerprint density at radius 1 is 1.22 bits per heavy atom. The maximum absolute atomic E-state index is 13.5. The lowest BCUT2D eigenvalue weighted by Crippen LogP contribution is -2.62. The molecule has 3 unspecified atom stereocenters. The predicted molar refractivity (Wildman–Crippen MR) is 112 cm³/mol. The van der Waals surface area contributed by atoms with E-state index in [4.69, 9.17) is 0 Å². The topological polar surface area (TPSA) is 74.6 Å². The number of Topliss-reactive ketones (excluding diaryl/α,β-unsaturated/α-hetero) is 2. The molecule has 0 aliphatic heterocycles. The van der Waals surface area contributed by atoms with E-state index >= 15 is 0 Å². The summed E-state index contributed by atoms with van der Waals surface area (Å²) in [6, 6.07) is 0. The molecule has 4 fully saturated rings. The average Bonchev–Trinajstić information content (AvgIpc) is 2.82. The van der Waals surface area contributed by atoms with Crippen LogP contribution in [0.3, 0.4) is 0 Å². The summed E-state index contributed by atoms with van der Waals surface area (Å²) >= 11 is 2.05. The Kier molecular flexibility index (Phi) is 4.88. The number of carbonyl (C=O) groups excluding carboxylic acids is 2. The highest BCUT2D eigenvalue weighted by atomic mass is 127. The molecule has 0 aromatic rings. The number of fused-ring (bicyclic) bond motifs is 5. The first kappa shape index (κ1) is 20.3. The van der Waals surface area contributed by atoms with Crippen LogP contribution in [0.15, 0.2) is 0 Å². The molecule has 9 atom stereocenters. The molecule has 4 saturated carbocycles. The van der Waals surface area contributed by atoms with Gasteiger partial charge in [-0.05, 0) is 67.6 Å². The van der Waals surface area contributed by atoms with Gasteiger partial charge in [0.15, 0.2) is 5.78 Å². The maximum Gasteiger partial charge on any atom is 0.174 e. The predicted octanol–water partition coefficient (Wildman–Crippen LogP) is 3.55. The fourth-order valence-electron chi connectivity index (χ4n) is 8.08. The third kappa shape index (κ3) is 2.52. The van der Waals surface area contributed by atoms with Crippen molar-refractivity contribution in [3.05, 3.63) is 0 Å². The third-order valence-electron chi connectivity index (χ3n) is 9.45. The van der Waals surface area contributed by atoms with Crippen molar-refractivity contribution >= 4 is 34.2 Å². The van der Waals surface area contributed by atoms with Crippen molar-refractivity contribution in [3.63, 3.8) is 0 Å². The van der Waals surface area contributed by atoms with Crippen molar-refractivity contribution < 1.29 is 19.8 Å². The number of halogens is 1. The Balaban J connectivity index is 1.73. The third-order valence-corrected chi connectivity index (χ3v) is 10.1. The Morgan fingerprint density at radius 3 is 2.59 bits per heavy atom. The number of rotatable bonds is 2. The van der Waals surface area contributed by atoms with E-state index in [1.165, 1.54) is 0 Å². The van der Waals surface area contributed by atoms with Crippen molar-refractivity contribution in [1.29, 1.82) is 0 Å². The Hall–Kier alpha value is -0.0100. The molecule has 0 aromatic heterocycles. The molecule has 4 rings (SSSR count). The molecule has 2 N–H and O–H groups in total. The fourth-order valence-corrected chi connectivity index (χ4v) is 8.66. The largest absolute Gasteiger partial charge is 0.393 e. The fraction of sp³-hybridized carbons (Fsp3) is 0.909. The van der Waals surface area contributed by atoms with Crippen molar-refractivity contribution in [2.24, 2.45) is 40.4 Å². The van der Waals surface area contributed by atoms with Gasteiger partial charge in [0.05, 0.1) is 10.5 Å². The number of ketones is 2. The van der Waals surface area contributed by atoms with Gasteiger partial charge in [0, 0.05) is 17.8 Å². The quantitative estimate of drug-likeness (QED) is 0.461. The van der Waals surface area contributed by atoms with E-state index in [0.717, 1.165) is 38.5 Å². The zero-order valence-corrected chi connectivity index (χ0v) is 18.9. The molecule has 0 saturated heterocycles. The van der Waals surface area contributed by atoms with Crippen LogP contribution in [0.1, 0.15) is 65.7 Å². The molecule has 0 radical (unpaired) electrons. The molecule has 27 heavy (non-hydrogen) atoms. The van der Waals surface area contributed by atoms with Crippen LogP contribution in [0, 0.1) is 40.4 Å². The first-order chi connectivity index (χ1) is 12.6. The standard InChI is InChI=1S/C22H33IO4/c1-12-8-16-15-5-4-13-9-14(24)6-7-20(13,2)19(15)17(25)10-21(16,3)22(12,27)18(26)11-23/h12-16,19,24,27H,4-11H2,1-3H3/t12?,13?,14?,15-,16-,19+,20-,21-,22-/m0/s1. The summed E-state index contributed by atoms with van der Waals surface area (Å²) in [5, 5.41) is 21.7. The van der Waals surface area contributed by atoms with Crippen LogP contribution in [0.25, 0.3) is 0 Å². The van der Waals surface area contributed by atoms with Gasteiger partial charge in [0.1, 0.15) is 11.4 Å². The summed E-state index contributed by atoms with van der Waals surface area (Å²) in [6.45, 7) is 6.29. The molecular weight excluding hydrogens is 455 g/mol. The second-order valence-corrected chi connectivity index (χ2v) is 11.2. The van der Waals surface area contributed by atoms with E-state index in [2.05, 4.69) is 6.92 Å². The highest BCUT2D eigenvalue weighted by Gasteiger charge is 2.70. The SMILES string of the molecule is CC1C[C@H]2[C@@H]3CCC4CC(O)CC[C@]4(C)[C@H]3C(=O)C[C@]2(C)[C@@]1(O)C(=O)CI. The molecule has 0 aromatic carbocycles. The van der Waals surface area contributed by atoms with Crippen molar-refractivity contribution in [2.45, 2.75) is 77.4 Å². The highest BCUT2D eigenvalue weighted by Crippen LogP contribution is 2.68. The molecular formula is C22H33IO4. The number of hydrogen-bond donors (Lipinski definition) is 2. The number of aliphatic hydroxyl groups excluding tert-OH is 1. The van der Waals surface area contributed by atoms with E-state index in [1.807, 2.05) is 36.4 Å². The van der Waals surface area contributed by atoms with Crippen LogP contribution in [0.5, 0.6) is 0 Å². The van der Waals surface area contributed by atoms with Gasteiger partial charge in [-0.15, -0.1) is 0 Å². The summed E-state index contributed by atoms with van der Waals surface area (Å²) in [6.07, 6.45) is 5.53. The Bertz CT molecular complexity index is 665. The van der Waals surface area contributed by atoms with Crippen LogP contribution in [0.2, 0.25) is 0 Å². The highest BCUT2D eigenvalue weighted by molar-refractivity contribution is 14.1. The summed E-state index contributed by atoms with van der Waals surface area (Å²) in [7, 11) is 0. The average molecular weight is 488 g/mol. The Morgan fingerprint density at radius 2 is 1.93 bits per heavy atom. The minimum Gasteiger partial charge on any atom is -0.393 e. The second kappa shape index (κ2) is 6.49.